The van der Waals surface area contributed by atoms with E-state index in [9.17, 15) is 23.1 Å². The van der Waals surface area contributed by atoms with Gasteiger partial charge in [0, 0.05) is 18.7 Å². The van der Waals surface area contributed by atoms with Gasteiger partial charge in [-0.1, -0.05) is 12.1 Å². The average Bonchev–Trinajstić information content (AvgIpc) is 2.76. The summed E-state index contributed by atoms with van der Waals surface area (Å²) in [5.41, 5.74) is -0.330. The fraction of sp³-hybridized carbons (Fsp3) is 0.435. The van der Waals surface area contributed by atoms with E-state index in [1.807, 2.05) is 0 Å². The molecule has 0 bridgehead atoms. The number of hydrogen-bond donors (Lipinski definition) is 1. The Balaban J connectivity index is 1.25. The lowest BCUT2D eigenvalue weighted by Gasteiger charge is -2.37. The molecule has 1 N–H and O–H groups in total. The van der Waals surface area contributed by atoms with Crippen LogP contribution in [-0.4, -0.2) is 48.8 Å². The molecule has 2 aromatic rings. The highest BCUT2D eigenvalue weighted by Gasteiger charge is 2.38. The molecule has 31 heavy (non-hydrogen) atoms. The van der Waals surface area contributed by atoms with Gasteiger partial charge in [-0.2, -0.15) is 13.2 Å². The van der Waals surface area contributed by atoms with Crippen LogP contribution in [0, 0.1) is 5.92 Å². The van der Waals surface area contributed by atoms with E-state index in [-0.39, 0.29) is 25.0 Å². The second-order valence-corrected chi connectivity index (χ2v) is 8.17. The first-order valence-electron chi connectivity index (χ1n) is 10.2. The maximum Gasteiger partial charge on any atom is 0.416 e. The van der Waals surface area contributed by atoms with Crippen molar-refractivity contribution in [3.8, 4) is 5.75 Å². The molecule has 0 spiro atoms. The molecular formula is C23H24F3NO4. The van der Waals surface area contributed by atoms with Crippen molar-refractivity contribution in [2.45, 2.75) is 24.6 Å². The van der Waals surface area contributed by atoms with E-state index < -0.39 is 17.3 Å². The van der Waals surface area contributed by atoms with Gasteiger partial charge in [0.2, 0.25) is 0 Å². The van der Waals surface area contributed by atoms with Crippen molar-refractivity contribution in [1.29, 1.82) is 0 Å². The molecule has 4 rings (SSSR count). The summed E-state index contributed by atoms with van der Waals surface area (Å²) in [6.07, 6.45) is -2.83. The molecule has 2 aliphatic rings. The highest BCUT2D eigenvalue weighted by molar-refractivity contribution is 5.94. The molecule has 166 valence electrons. The molecule has 0 radical (unpaired) electrons. The number of ether oxygens (including phenoxy) is 2. The van der Waals surface area contributed by atoms with Crippen LogP contribution in [0.15, 0.2) is 48.5 Å². The largest absolute Gasteiger partial charge is 0.493 e. The first-order chi connectivity index (χ1) is 14.7. The topological polar surface area (TPSA) is 59.0 Å². The number of aliphatic hydroxyl groups is 1. The standard InChI is InChI=1S/C23H24F3NO4/c24-23(25,26)19-5-7-20(8-6-19)31-13-16-9-11-27(12-10-16)21(28)17-1-3-18(4-2-17)22(29)14-30-15-22/h1-8,16,29H,9-15H2. The normalized spacial score (nSPS) is 19.0. The Hall–Kier alpha value is -2.58. The van der Waals surface area contributed by atoms with Gasteiger partial charge < -0.3 is 19.5 Å². The number of rotatable bonds is 5. The van der Waals surface area contributed by atoms with Crippen LogP contribution < -0.4 is 4.74 Å². The van der Waals surface area contributed by atoms with E-state index in [0.29, 0.717) is 31.0 Å². The highest BCUT2D eigenvalue weighted by atomic mass is 19.4. The molecule has 1 amide bonds. The van der Waals surface area contributed by atoms with Crippen LogP contribution in [0.25, 0.3) is 0 Å². The zero-order valence-electron chi connectivity index (χ0n) is 16.9. The van der Waals surface area contributed by atoms with Crippen LogP contribution in [0.1, 0.15) is 34.3 Å². The average molecular weight is 435 g/mol. The van der Waals surface area contributed by atoms with Crippen molar-refractivity contribution in [3.63, 3.8) is 0 Å². The molecule has 2 heterocycles. The first-order valence-corrected chi connectivity index (χ1v) is 10.2. The third-order valence-corrected chi connectivity index (χ3v) is 5.92. The number of carbonyl (C=O) groups is 1. The summed E-state index contributed by atoms with van der Waals surface area (Å²) in [6.45, 7) is 2.13. The minimum atomic E-state index is -4.36. The van der Waals surface area contributed by atoms with E-state index in [1.165, 1.54) is 12.1 Å². The number of likely N-dealkylation sites (tertiary alicyclic amines) is 1. The maximum absolute atomic E-state index is 12.8. The number of piperidine rings is 1. The maximum atomic E-state index is 12.8. The van der Waals surface area contributed by atoms with Gasteiger partial charge in [0.1, 0.15) is 11.4 Å². The van der Waals surface area contributed by atoms with Gasteiger partial charge in [-0.15, -0.1) is 0 Å². The minimum absolute atomic E-state index is 0.0505. The number of benzene rings is 2. The highest BCUT2D eigenvalue weighted by Crippen LogP contribution is 2.31. The fourth-order valence-corrected chi connectivity index (χ4v) is 3.82. The quantitative estimate of drug-likeness (QED) is 0.775. The van der Waals surface area contributed by atoms with Crippen molar-refractivity contribution in [3.05, 3.63) is 65.2 Å². The van der Waals surface area contributed by atoms with E-state index in [2.05, 4.69) is 0 Å². The lowest BCUT2D eigenvalue weighted by Crippen LogP contribution is -2.46. The van der Waals surface area contributed by atoms with Gasteiger partial charge in [0.25, 0.3) is 5.91 Å². The number of amides is 1. The second-order valence-electron chi connectivity index (χ2n) is 8.17. The number of nitrogens with zero attached hydrogens (tertiary/aromatic N) is 1. The van der Waals surface area contributed by atoms with Gasteiger partial charge in [-0.05, 0) is 60.7 Å². The second kappa shape index (κ2) is 8.51. The van der Waals surface area contributed by atoms with Crippen molar-refractivity contribution < 1.29 is 32.5 Å². The molecule has 0 atom stereocenters. The zero-order chi connectivity index (χ0) is 22.1. The Morgan fingerprint density at radius 3 is 2.19 bits per heavy atom. The van der Waals surface area contributed by atoms with Crippen LogP contribution in [0.5, 0.6) is 5.75 Å². The first kappa shape index (κ1) is 21.6. The molecular weight excluding hydrogens is 411 g/mol. The van der Waals surface area contributed by atoms with Gasteiger partial charge in [-0.3, -0.25) is 4.79 Å². The fourth-order valence-electron chi connectivity index (χ4n) is 3.82. The lowest BCUT2D eigenvalue weighted by atomic mass is 9.91. The summed E-state index contributed by atoms with van der Waals surface area (Å²) >= 11 is 0. The number of hydrogen-bond acceptors (Lipinski definition) is 4. The molecule has 0 aromatic heterocycles. The third-order valence-electron chi connectivity index (χ3n) is 5.92. The van der Waals surface area contributed by atoms with Crippen LogP contribution in [0.2, 0.25) is 0 Å². The number of alkyl halides is 3. The molecule has 2 fully saturated rings. The van der Waals surface area contributed by atoms with E-state index in [1.54, 1.807) is 29.2 Å². The van der Waals surface area contributed by atoms with Crippen molar-refractivity contribution in [2.75, 3.05) is 32.9 Å². The summed E-state index contributed by atoms with van der Waals surface area (Å²) in [6, 6.07) is 11.7. The Morgan fingerprint density at radius 1 is 1.06 bits per heavy atom. The molecule has 0 unspecified atom stereocenters. The zero-order valence-corrected chi connectivity index (χ0v) is 16.9. The summed E-state index contributed by atoms with van der Waals surface area (Å²) in [4.78, 5) is 14.6. The summed E-state index contributed by atoms with van der Waals surface area (Å²) in [5.74, 6) is 0.595. The van der Waals surface area contributed by atoms with Gasteiger partial charge in [0.05, 0.1) is 25.4 Å². The van der Waals surface area contributed by atoms with E-state index in [0.717, 1.165) is 30.5 Å². The van der Waals surface area contributed by atoms with Crippen LogP contribution in [0.3, 0.4) is 0 Å². The van der Waals surface area contributed by atoms with Crippen molar-refractivity contribution in [2.24, 2.45) is 5.92 Å². The van der Waals surface area contributed by atoms with Gasteiger partial charge >= 0.3 is 6.18 Å². The van der Waals surface area contributed by atoms with E-state index in [4.69, 9.17) is 9.47 Å². The Bertz CT molecular complexity index is 900. The molecule has 2 aromatic carbocycles. The predicted octanol–water partition coefficient (Wildman–Crippen LogP) is 3.85. The van der Waals surface area contributed by atoms with Crippen molar-refractivity contribution >= 4 is 5.91 Å². The Morgan fingerprint density at radius 2 is 1.68 bits per heavy atom. The third kappa shape index (κ3) is 4.85. The molecule has 2 aliphatic heterocycles. The summed E-state index contributed by atoms with van der Waals surface area (Å²) in [5, 5.41) is 10.3. The molecule has 0 aliphatic carbocycles. The molecule has 0 saturated carbocycles. The lowest BCUT2D eigenvalue weighted by molar-refractivity contribution is -0.184. The van der Waals surface area contributed by atoms with Gasteiger partial charge in [0.15, 0.2) is 0 Å². The van der Waals surface area contributed by atoms with Crippen LogP contribution in [-0.2, 0) is 16.5 Å². The SMILES string of the molecule is O=C(c1ccc(C2(O)COC2)cc1)N1CCC(COc2ccc(C(F)(F)F)cc2)CC1. The minimum Gasteiger partial charge on any atom is -0.493 e. The summed E-state index contributed by atoms with van der Waals surface area (Å²) in [7, 11) is 0. The van der Waals surface area contributed by atoms with E-state index >= 15 is 0 Å². The molecule has 8 heteroatoms. The number of carbonyl (C=O) groups excluding carboxylic acids is 1. The van der Waals surface area contributed by atoms with Crippen molar-refractivity contribution in [1.82, 2.24) is 4.90 Å². The predicted molar refractivity (Wildman–Crippen MR) is 107 cm³/mol. The smallest absolute Gasteiger partial charge is 0.416 e. The Labute approximate surface area is 178 Å². The van der Waals surface area contributed by atoms with Crippen LogP contribution in [0.4, 0.5) is 13.2 Å². The number of halogens is 3. The van der Waals surface area contributed by atoms with Crippen LogP contribution >= 0.6 is 0 Å². The monoisotopic (exact) mass is 435 g/mol. The molecule has 5 nitrogen and oxygen atoms in total. The molecule has 2 saturated heterocycles. The summed E-state index contributed by atoms with van der Waals surface area (Å²) < 4.78 is 48.6. The Kier molecular flexibility index (Phi) is 5.94. The van der Waals surface area contributed by atoms with Gasteiger partial charge in [-0.25, -0.2) is 0 Å².